The van der Waals surface area contributed by atoms with Crippen LogP contribution in [-0.4, -0.2) is 55.7 Å². The van der Waals surface area contributed by atoms with E-state index in [-0.39, 0.29) is 6.61 Å². The molecule has 1 aliphatic rings. The molecule has 1 amide bonds. The smallest absolute Gasteiger partial charge is 0.407 e. The largest absolute Gasteiger partial charge is 0.445 e. The zero-order valence-electron chi connectivity index (χ0n) is 14.5. The lowest BCUT2D eigenvalue weighted by atomic mass is 9.93. The van der Waals surface area contributed by atoms with Crippen LogP contribution in [0, 0.1) is 12.8 Å². The number of nitrogens with one attached hydrogen (secondary N) is 2. The van der Waals surface area contributed by atoms with Crippen LogP contribution in [0.1, 0.15) is 25.0 Å². The van der Waals surface area contributed by atoms with E-state index in [1.54, 1.807) is 7.05 Å². The van der Waals surface area contributed by atoms with E-state index in [1.165, 1.54) is 0 Å². The molecule has 1 aliphatic heterocycles. The van der Waals surface area contributed by atoms with Gasteiger partial charge < -0.3 is 20.1 Å². The lowest BCUT2D eigenvalue weighted by Gasteiger charge is -2.33. The zero-order valence-corrected chi connectivity index (χ0v) is 14.5. The summed E-state index contributed by atoms with van der Waals surface area (Å²) in [6, 6.07) is 6.12. The van der Waals surface area contributed by atoms with Gasteiger partial charge in [0.25, 0.3) is 0 Å². The summed E-state index contributed by atoms with van der Waals surface area (Å²) in [4.78, 5) is 18.4. The second-order valence-corrected chi connectivity index (χ2v) is 6.19. The molecule has 1 saturated heterocycles. The molecule has 0 bridgehead atoms. The topological polar surface area (TPSA) is 86.7 Å². The van der Waals surface area contributed by atoms with E-state index in [0.29, 0.717) is 12.5 Å². The van der Waals surface area contributed by atoms with Crippen molar-refractivity contribution in [1.29, 1.82) is 0 Å². The predicted molar refractivity (Wildman–Crippen MR) is 92.9 cm³/mol. The molecular formula is C17H28N4O3. The van der Waals surface area contributed by atoms with Crippen LogP contribution in [0.4, 0.5) is 10.6 Å². The minimum Gasteiger partial charge on any atom is -0.445 e. The van der Waals surface area contributed by atoms with Crippen LogP contribution in [0.25, 0.3) is 0 Å². The van der Waals surface area contributed by atoms with Crippen LogP contribution in [0.15, 0.2) is 18.2 Å². The average molecular weight is 336 g/mol. The first-order valence-corrected chi connectivity index (χ1v) is 8.53. The molecule has 0 radical (unpaired) electrons. The molecule has 1 aromatic rings. The molecule has 1 fully saturated rings. The van der Waals surface area contributed by atoms with Crippen LogP contribution in [0.2, 0.25) is 0 Å². The standard InChI is InChI=1S/C17H28N4O3/c1-13-4-3-5-15(20-13)21-10-7-14(8-11-21)6-9-19-17(23)24-12-16(22)18-2/h3-5,14,16,18,22H,6-12H2,1-2H3,(H,19,23). The van der Waals surface area contributed by atoms with Crippen molar-refractivity contribution in [2.75, 3.05) is 38.2 Å². The maximum atomic E-state index is 11.5. The SMILES string of the molecule is CNC(O)COC(=O)NCCC1CCN(c2cccc(C)n2)CC1. The summed E-state index contributed by atoms with van der Waals surface area (Å²) in [6.45, 7) is 4.56. The minimum absolute atomic E-state index is 0.0514. The number of nitrogens with zero attached hydrogens (tertiary/aromatic N) is 2. The third-order valence-corrected chi connectivity index (χ3v) is 4.34. The van der Waals surface area contributed by atoms with Gasteiger partial charge in [-0.15, -0.1) is 0 Å². The number of aromatic nitrogens is 1. The number of rotatable bonds is 7. The fourth-order valence-corrected chi connectivity index (χ4v) is 2.82. The first kappa shape index (κ1) is 18.5. The number of anilines is 1. The number of piperidine rings is 1. The molecule has 0 aliphatic carbocycles. The summed E-state index contributed by atoms with van der Waals surface area (Å²) >= 11 is 0. The summed E-state index contributed by atoms with van der Waals surface area (Å²) in [5.41, 5.74) is 1.04. The summed E-state index contributed by atoms with van der Waals surface area (Å²) in [5, 5.41) is 14.6. The van der Waals surface area contributed by atoms with E-state index >= 15 is 0 Å². The van der Waals surface area contributed by atoms with Crippen LogP contribution >= 0.6 is 0 Å². The van der Waals surface area contributed by atoms with Gasteiger partial charge in [-0.2, -0.15) is 0 Å². The minimum atomic E-state index is -0.824. The third-order valence-electron chi connectivity index (χ3n) is 4.34. The Morgan fingerprint density at radius 2 is 2.21 bits per heavy atom. The number of pyridine rings is 1. The van der Waals surface area contributed by atoms with E-state index in [1.807, 2.05) is 19.1 Å². The Hall–Kier alpha value is -1.86. The van der Waals surface area contributed by atoms with Gasteiger partial charge in [0.15, 0.2) is 0 Å². The average Bonchev–Trinajstić information content (AvgIpc) is 2.60. The lowest BCUT2D eigenvalue weighted by molar-refractivity contribution is 0.0534. The van der Waals surface area contributed by atoms with Crippen molar-refractivity contribution in [2.24, 2.45) is 5.92 Å². The Bertz CT molecular complexity index is 518. The van der Waals surface area contributed by atoms with Crippen LogP contribution in [0.5, 0.6) is 0 Å². The van der Waals surface area contributed by atoms with Gasteiger partial charge >= 0.3 is 6.09 Å². The second-order valence-electron chi connectivity index (χ2n) is 6.19. The number of ether oxygens (including phenoxy) is 1. The number of aryl methyl sites for hydroxylation is 1. The van der Waals surface area contributed by atoms with Gasteiger partial charge in [0.1, 0.15) is 18.7 Å². The molecule has 1 aromatic heterocycles. The summed E-state index contributed by atoms with van der Waals surface area (Å²) in [7, 11) is 1.60. The Kier molecular flexibility index (Phi) is 7.27. The number of alkyl carbamates (subject to hydrolysis) is 1. The molecule has 1 atom stereocenters. The van der Waals surface area contributed by atoms with Crippen LogP contribution in [-0.2, 0) is 4.74 Å². The Morgan fingerprint density at radius 3 is 2.88 bits per heavy atom. The number of carbonyl (C=O) groups excluding carboxylic acids is 1. The molecular weight excluding hydrogens is 308 g/mol. The maximum absolute atomic E-state index is 11.5. The molecule has 0 saturated carbocycles. The molecule has 3 N–H and O–H groups in total. The van der Waals surface area contributed by atoms with Crippen LogP contribution < -0.4 is 15.5 Å². The van der Waals surface area contributed by atoms with Crippen LogP contribution in [0.3, 0.4) is 0 Å². The quantitative estimate of drug-likeness (QED) is 0.650. The lowest BCUT2D eigenvalue weighted by Crippen LogP contribution is -2.37. The molecule has 2 heterocycles. The van der Waals surface area contributed by atoms with E-state index in [9.17, 15) is 9.90 Å². The van der Waals surface area contributed by atoms with E-state index in [2.05, 4.69) is 26.6 Å². The number of aliphatic hydroxyl groups is 1. The third kappa shape index (κ3) is 5.98. The van der Waals surface area contributed by atoms with E-state index < -0.39 is 12.3 Å². The Labute approximate surface area is 143 Å². The fraction of sp³-hybridized carbons (Fsp3) is 0.647. The van der Waals surface area contributed by atoms with Gasteiger partial charge in [-0.25, -0.2) is 9.78 Å². The monoisotopic (exact) mass is 336 g/mol. The first-order chi connectivity index (χ1) is 11.6. The Balaban J connectivity index is 1.62. The van der Waals surface area contributed by atoms with Crippen molar-refractivity contribution in [3.05, 3.63) is 23.9 Å². The summed E-state index contributed by atoms with van der Waals surface area (Å²) in [6.07, 6.45) is 1.84. The fourth-order valence-electron chi connectivity index (χ4n) is 2.82. The molecule has 0 spiro atoms. The summed E-state index contributed by atoms with van der Waals surface area (Å²) < 4.78 is 4.89. The Morgan fingerprint density at radius 1 is 1.46 bits per heavy atom. The number of amides is 1. The van der Waals surface area contributed by atoms with Crippen molar-refractivity contribution in [3.63, 3.8) is 0 Å². The highest BCUT2D eigenvalue weighted by molar-refractivity contribution is 5.67. The van der Waals surface area contributed by atoms with E-state index in [4.69, 9.17) is 4.74 Å². The van der Waals surface area contributed by atoms with Gasteiger partial charge in [-0.05, 0) is 51.3 Å². The highest BCUT2D eigenvalue weighted by Crippen LogP contribution is 2.23. The molecule has 0 aromatic carbocycles. The number of aliphatic hydroxyl groups excluding tert-OH is 1. The summed E-state index contributed by atoms with van der Waals surface area (Å²) in [5.74, 6) is 1.66. The highest BCUT2D eigenvalue weighted by Gasteiger charge is 2.20. The second kappa shape index (κ2) is 9.44. The van der Waals surface area contributed by atoms with Gasteiger partial charge in [-0.1, -0.05) is 6.07 Å². The van der Waals surface area contributed by atoms with Gasteiger partial charge in [0.2, 0.25) is 0 Å². The molecule has 7 nitrogen and oxygen atoms in total. The van der Waals surface area contributed by atoms with Crippen molar-refractivity contribution in [1.82, 2.24) is 15.6 Å². The normalized spacial score (nSPS) is 16.7. The predicted octanol–water partition coefficient (Wildman–Crippen LogP) is 1.26. The molecule has 24 heavy (non-hydrogen) atoms. The molecule has 1 unspecified atom stereocenters. The van der Waals surface area contributed by atoms with Crippen molar-refractivity contribution < 1.29 is 14.6 Å². The van der Waals surface area contributed by atoms with Crippen molar-refractivity contribution in [3.8, 4) is 0 Å². The number of hydrogen-bond acceptors (Lipinski definition) is 6. The molecule has 2 rings (SSSR count). The van der Waals surface area contributed by atoms with E-state index in [0.717, 1.165) is 43.9 Å². The van der Waals surface area contributed by atoms with Gasteiger partial charge in [0.05, 0.1) is 0 Å². The number of carbonyl (C=O) groups is 1. The zero-order chi connectivity index (χ0) is 17.4. The van der Waals surface area contributed by atoms with Crippen molar-refractivity contribution >= 4 is 11.9 Å². The number of hydrogen-bond donors (Lipinski definition) is 3. The van der Waals surface area contributed by atoms with Gasteiger partial charge in [0, 0.05) is 25.3 Å². The van der Waals surface area contributed by atoms with Gasteiger partial charge in [-0.3, -0.25) is 5.32 Å². The molecule has 7 heteroatoms. The highest BCUT2D eigenvalue weighted by atomic mass is 16.6. The van der Waals surface area contributed by atoms with Crippen molar-refractivity contribution in [2.45, 2.75) is 32.4 Å². The maximum Gasteiger partial charge on any atom is 0.407 e. The number of likely N-dealkylation sites (N-methyl/N-ethyl adjacent to an activating group) is 1. The molecule has 134 valence electrons. The first-order valence-electron chi connectivity index (χ1n) is 8.53.